The molecule has 1 aliphatic rings. The number of fused-ring (bicyclic) bond motifs is 2. The molecule has 0 aliphatic carbocycles. The number of hydrogen-bond acceptors (Lipinski definition) is 4. The Hall–Kier alpha value is -3.54. The number of anilines is 1. The number of rotatable bonds is 3. The van der Waals surface area contributed by atoms with Crippen LogP contribution in [0.15, 0.2) is 59.0 Å². The van der Waals surface area contributed by atoms with Gasteiger partial charge in [-0.05, 0) is 55.7 Å². The topological polar surface area (TPSA) is 80.3 Å². The van der Waals surface area contributed by atoms with Gasteiger partial charge in [0.25, 0.3) is 0 Å². The summed E-state index contributed by atoms with van der Waals surface area (Å²) < 4.78 is 7.94. The maximum absolute atomic E-state index is 11.2. The van der Waals surface area contributed by atoms with Crippen molar-refractivity contribution in [3.63, 3.8) is 0 Å². The van der Waals surface area contributed by atoms with Crippen LogP contribution in [-0.2, 0) is 6.42 Å². The summed E-state index contributed by atoms with van der Waals surface area (Å²) in [5.41, 5.74) is 3.89. The average Bonchev–Trinajstić information content (AvgIpc) is 3.21. The highest BCUT2D eigenvalue weighted by Gasteiger charge is 2.24. The molecule has 0 amide bonds. The van der Waals surface area contributed by atoms with Crippen LogP contribution < -0.4 is 5.32 Å². The van der Waals surface area contributed by atoms with Crippen molar-refractivity contribution in [1.29, 1.82) is 0 Å². The summed E-state index contributed by atoms with van der Waals surface area (Å²) in [7, 11) is 0. The zero-order chi connectivity index (χ0) is 19.1. The number of aromatic nitrogens is 2. The summed E-state index contributed by atoms with van der Waals surface area (Å²) in [5.74, 6) is 0.769. The third kappa shape index (κ3) is 2.74. The van der Waals surface area contributed by atoms with Crippen molar-refractivity contribution < 1.29 is 14.3 Å². The number of para-hydroxylation sites is 1. The zero-order valence-corrected chi connectivity index (χ0v) is 15.2. The summed E-state index contributed by atoms with van der Waals surface area (Å²) in [4.78, 5) is 11.2. The Morgan fingerprint density at radius 1 is 1.11 bits per heavy atom. The predicted molar refractivity (Wildman–Crippen MR) is 107 cm³/mol. The first-order valence-corrected chi connectivity index (χ1v) is 9.39. The van der Waals surface area contributed by atoms with Crippen LogP contribution in [-0.4, -0.2) is 27.4 Å². The fraction of sp³-hybridized carbons (Fsp3) is 0.182. The van der Waals surface area contributed by atoms with Gasteiger partial charge in [0.1, 0.15) is 17.1 Å². The van der Waals surface area contributed by atoms with E-state index in [-0.39, 0.29) is 5.56 Å². The lowest BCUT2D eigenvalue weighted by molar-refractivity contribution is 0.0697. The summed E-state index contributed by atoms with van der Waals surface area (Å²) in [6.07, 6.45) is 3.09. The fourth-order valence-electron chi connectivity index (χ4n) is 3.73. The molecule has 5 rings (SSSR count). The first-order chi connectivity index (χ1) is 13.7. The Morgan fingerprint density at radius 3 is 2.71 bits per heavy atom. The van der Waals surface area contributed by atoms with E-state index in [1.54, 1.807) is 24.3 Å². The molecular formula is C22H19N3O3. The summed E-state index contributed by atoms with van der Waals surface area (Å²) >= 11 is 0. The van der Waals surface area contributed by atoms with Gasteiger partial charge in [0, 0.05) is 17.5 Å². The minimum Gasteiger partial charge on any atom is -0.478 e. The number of aromatic carboxylic acids is 1. The summed E-state index contributed by atoms with van der Waals surface area (Å²) in [6, 6.07) is 16.7. The lowest BCUT2D eigenvalue weighted by Gasteiger charge is -2.09. The number of nitrogens with zero attached hydrogens (tertiary/aromatic N) is 2. The van der Waals surface area contributed by atoms with Gasteiger partial charge in [-0.15, -0.1) is 0 Å². The first kappa shape index (κ1) is 16.6. The van der Waals surface area contributed by atoms with Crippen molar-refractivity contribution in [2.75, 3.05) is 11.9 Å². The number of carboxylic acid groups (broad SMARTS) is 1. The fourth-order valence-corrected chi connectivity index (χ4v) is 3.73. The molecule has 2 N–H and O–H groups in total. The first-order valence-electron chi connectivity index (χ1n) is 9.39. The molecule has 1 aliphatic heterocycles. The minimum absolute atomic E-state index is 0.257. The van der Waals surface area contributed by atoms with E-state index < -0.39 is 5.97 Å². The van der Waals surface area contributed by atoms with Crippen molar-refractivity contribution in [1.82, 2.24) is 9.78 Å². The van der Waals surface area contributed by atoms with Crippen molar-refractivity contribution in [2.45, 2.75) is 19.3 Å². The normalized spacial score (nSPS) is 13.7. The molecule has 140 valence electrons. The van der Waals surface area contributed by atoms with Gasteiger partial charge in [-0.2, -0.15) is 5.10 Å². The molecular weight excluding hydrogens is 354 g/mol. The third-order valence-corrected chi connectivity index (χ3v) is 5.15. The molecule has 6 nitrogen and oxygen atoms in total. The van der Waals surface area contributed by atoms with E-state index in [4.69, 9.17) is 14.6 Å². The van der Waals surface area contributed by atoms with Crippen LogP contribution in [0.3, 0.4) is 0 Å². The maximum atomic E-state index is 11.2. The van der Waals surface area contributed by atoms with Gasteiger partial charge in [-0.1, -0.05) is 18.2 Å². The Bertz CT molecular complexity index is 1140. The largest absolute Gasteiger partial charge is 0.478 e. The van der Waals surface area contributed by atoms with E-state index >= 15 is 0 Å². The molecule has 28 heavy (non-hydrogen) atoms. The number of carboxylic acids is 1. The van der Waals surface area contributed by atoms with E-state index in [9.17, 15) is 4.79 Å². The Balaban J connectivity index is 1.67. The van der Waals surface area contributed by atoms with Crippen LogP contribution in [0, 0.1) is 0 Å². The van der Waals surface area contributed by atoms with E-state index in [1.807, 2.05) is 35.0 Å². The molecule has 0 unspecified atom stereocenters. The maximum Gasteiger partial charge on any atom is 0.335 e. The highest BCUT2D eigenvalue weighted by molar-refractivity contribution is 5.88. The van der Waals surface area contributed by atoms with Crippen molar-refractivity contribution in [3.8, 4) is 17.1 Å². The molecule has 0 atom stereocenters. The van der Waals surface area contributed by atoms with Crippen molar-refractivity contribution >= 4 is 22.8 Å². The molecule has 0 fully saturated rings. The van der Waals surface area contributed by atoms with Crippen LogP contribution in [0.1, 0.15) is 28.8 Å². The summed E-state index contributed by atoms with van der Waals surface area (Å²) in [5, 5.41) is 18.6. The van der Waals surface area contributed by atoms with Crippen LogP contribution in [0.4, 0.5) is 5.82 Å². The Morgan fingerprint density at radius 2 is 1.93 bits per heavy atom. The number of benzene rings is 2. The van der Waals surface area contributed by atoms with E-state index in [0.29, 0.717) is 0 Å². The number of nitrogens with one attached hydrogen (secondary N) is 1. The van der Waals surface area contributed by atoms with E-state index in [0.717, 1.165) is 65.3 Å². The molecule has 0 spiro atoms. The quantitative estimate of drug-likeness (QED) is 0.543. The van der Waals surface area contributed by atoms with Gasteiger partial charge in [-0.25, -0.2) is 9.48 Å². The molecule has 2 aromatic heterocycles. The number of furan rings is 1. The molecule has 0 radical (unpaired) electrons. The van der Waals surface area contributed by atoms with Crippen LogP contribution >= 0.6 is 0 Å². The molecule has 3 heterocycles. The number of carbonyl (C=O) groups is 1. The average molecular weight is 373 g/mol. The van der Waals surface area contributed by atoms with Crippen LogP contribution in [0.5, 0.6) is 0 Å². The lowest BCUT2D eigenvalue weighted by atomic mass is 10.1. The molecule has 6 heteroatoms. The molecule has 2 aromatic carbocycles. The molecule has 4 aromatic rings. The SMILES string of the molecule is O=C(O)c1ccc(-n2nc(-c3cc4ccccc4o3)c3c2NCCCC3)cc1. The zero-order valence-electron chi connectivity index (χ0n) is 15.2. The predicted octanol–water partition coefficient (Wildman–Crippen LogP) is 4.73. The van der Waals surface area contributed by atoms with Gasteiger partial charge in [0.05, 0.1) is 11.3 Å². The summed E-state index contributed by atoms with van der Waals surface area (Å²) in [6.45, 7) is 0.880. The monoisotopic (exact) mass is 373 g/mol. The van der Waals surface area contributed by atoms with Gasteiger partial charge in [-0.3, -0.25) is 0 Å². The van der Waals surface area contributed by atoms with Crippen LogP contribution in [0.2, 0.25) is 0 Å². The second kappa shape index (κ2) is 6.56. The van der Waals surface area contributed by atoms with Gasteiger partial charge < -0.3 is 14.8 Å². The second-order valence-electron chi connectivity index (χ2n) is 6.97. The van der Waals surface area contributed by atoms with Gasteiger partial charge in [0.2, 0.25) is 0 Å². The Labute approximate surface area is 161 Å². The van der Waals surface area contributed by atoms with Gasteiger partial charge in [0.15, 0.2) is 5.76 Å². The smallest absolute Gasteiger partial charge is 0.335 e. The van der Waals surface area contributed by atoms with Gasteiger partial charge >= 0.3 is 5.97 Å². The van der Waals surface area contributed by atoms with E-state index in [1.165, 1.54) is 0 Å². The highest BCUT2D eigenvalue weighted by Crippen LogP contribution is 2.36. The molecule has 0 bridgehead atoms. The Kier molecular flexibility index (Phi) is 3.90. The highest BCUT2D eigenvalue weighted by atomic mass is 16.4. The third-order valence-electron chi connectivity index (χ3n) is 5.15. The number of hydrogen-bond donors (Lipinski definition) is 2. The van der Waals surface area contributed by atoms with Crippen LogP contribution in [0.25, 0.3) is 28.1 Å². The van der Waals surface area contributed by atoms with Crippen molar-refractivity contribution in [3.05, 3.63) is 65.7 Å². The molecule has 0 saturated carbocycles. The second-order valence-corrected chi connectivity index (χ2v) is 6.97. The van der Waals surface area contributed by atoms with E-state index in [2.05, 4.69) is 5.32 Å². The lowest BCUT2D eigenvalue weighted by Crippen LogP contribution is -2.07. The minimum atomic E-state index is -0.938. The van der Waals surface area contributed by atoms with Crippen molar-refractivity contribution in [2.24, 2.45) is 0 Å². The molecule has 0 saturated heterocycles. The standard InChI is InChI=1S/C22H19N3O3/c26-22(27)14-8-10-16(11-9-14)25-21-17(6-3-4-12-23-21)20(24-25)19-13-15-5-1-2-7-18(15)28-19/h1-2,5,7-11,13,23H,3-4,6,12H2,(H,26,27).